The second kappa shape index (κ2) is 12.6. The van der Waals surface area contributed by atoms with Crippen molar-refractivity contribution in [3.8, 4) is 0 Å². The summed E-state index contributed by atoms with van der Waals surface area (Å²) in [4.78, 5) is 16.8. The fraction of sp³-hybridized carbons (Fsp3) is 0.452. The summed E-state index contributed by atoms with van der Waals surface area (Å²) in [7, 11) is 0. The Labute approximate surface area is 246 Å². The van der Waals surface area contributed by atoms with Crippen molar-refractivity contribution in [2.75, 3.05) is 79.0 Å². The first-order valence-electron chi connectivity index (χ1n) is 14.7. The number of para-hydroxylation sites is 1. The van der Waals surface area contributed by atoms with Gasteiger partial charge in [0, 0.05) is 63.0 Å². The zero-order chi connectivity index (χ0) is 28.1. The van der Waals surface area contributed by atoms with E-state index in [9.17, 15) is 4.39 Å². The van der Waals surface area contributed by atoms with E-state index >= 15 is 0 Å². The molecule has 0 unspecified atom stereocenters. The lowest BCUT2D eigenvalue weighted by Gasteiger charge is -2.37. The van der Waals surface area contributed by atoms with Crippen LogP contribution in [0.5, 0.6) is 0 Å². The molecule has 6 rings (SSSR count). The van der Waals surface area contributed by atoms with Crippen LogP contribution in [0, 0.1) is 5.82 Å². The third kappa shape index (κ3) is 6.54. The normalized spacial score (nSPS) is 18.8. The third-order valence-corrected chi connectivity index (χ3v) is 8.84. The number of thiocarbonyl (C=S) groups is 1. The van der Waals surface area contributed by atoms with Crippen molar-refractivity contribution in [3.63, 3.8) is 0 Å². The highest BCUT2D eigenvalue weighted by Crippen LogP contribution is 2.40. The molecule has 1 aliphatic carbocycles. The Morgan fingerprint density at radius 2 is 1.44 bits per heavy atom. The SMILES string of the molecule is Fc1ccc(C2(CNC(=S)Nc3nc(N4CCOCC4)cc(N4CCN(c5ccccc5)CC4)n3)CCCC2)cc1. The van der Waals surface area contributed by atoms with Crippen molar-refractivity contribution in [1.29, 1.82) is 0 Å². The number of hydrogen-bond donors (Lipinski definition) is 2. The Balaban J connectivity index is 1.16. The van der Waals surface area contributed by atoms with Gasteiger partial charge in [-0.3, -0.25) is 0 Å². The van der Waals surface area contributed by atoms with Crippen molar-refractivity contribution in [2.24, 2.45) is 0 Å². The average molecular weight is 576 g/mol. The zero-order valence-electron chi connectivity index (χ0n) is 23.4. The van der Waals surface area contributed by atoms with Crippen LogP contribution in [-0.4, -0.2) is 74.1 Å². The summed E-state index contributed by atoms with van der Waals surface area (Å²) in [5.74, 6) is 2.07. The Morgan fingerprint density at radius 1 is 0.829 bits per heavy atom. The van der Waals surface area contributed by atoms with E-state index in [0.29, 0.717) is 30.8 Å². The summed E-state index contributed by atoms with van der Waals surface area (Å²) in [6, 6.07) is 19.6. The summed E-state index contributed by atoms with van der Waals surface area (Å²) < 4.78 is 19.2. The number of benzene rings is 2. The van der Waals surface area contributed by atoms with Crippen LogP contribution in [-0.2, 0) is 10.2 Å². The number of piperazine rings is 1. The van der Waals surface area contributed by atoms with Gasteiger partial charge in [-0.25, -0.2) is 4.39 Å². The van der Waals surface area contributed by atoms with Gasteiger partial charge in [0.1, 0.15) is 17.5 Å². The van der Waals surface area contributed by atoms with E-state index in [4.69, 9.17) is 26.9 Å². The molecule has 10 heteroatoms. The first-order chi connectivity index (χ1) is 20.1. The average Bonchev–Trinajstić information content (AvgIpc) is 3.51. The summed E-state index contributed by atoms with van der Waals surface area (Å²) in [6.45, 7) is 7.23. The van der Waals surface area contributed by atoms with Gasteiger partial charge in [-0.2, -0.15) is 9.97 Å². The molecule has 0 amide bonds. The molecule has 3 heterocycles. The summed E-state index contributed by atoms with van der Waals surface area (Å²) >= 11 is 5.74. The van der Waals surface area contributed by atoms with Crippen molar-refractivity contribution in [1.82, 2.24) is 15.3 Å². The zero-order valence-corrected chi connectivity index (χ0v) is 24.2. The fourth-order valence-corrected chi connectivity index (χ4v) is 6.41. The number of rotatable bonds is 7. The van der Waals surface area contributed by atoms with Gasteiger partial charge in [0.25, 0.3) is 0 Å². The fourth-order valence-electron chi connectivity index (χ4n) is 6.24. The molecular weight excluding hydrogens is 537 g/mol. The van der Waals surface area contributed by atoms with E-state index < -0.39 is 0 Å². The van der Waals surface area contributed by atoms with Gasteiger partial charge in [-0.1, -0.05) is 43.2 Å². The van der Waals surface area contributed by atoms with Crippen LogP contribution in [0.2, 0.25) is 0 Å². The molecule has 216 valence electrons. The predicted molar refractivity (Wildman–Crippen MR) is 167 cm³/mol. The maximum atomic E-state index is 13.6. The van der Waals surface area contributed by atoms with Crippen LogP contribution in [0.25, 0.3) is 0 Å². The monoisotopic (exact) mass is 575 g/mol. The number of ether oxygens (including phenoxy) is 1. The van der Waals surface area contributed by atoms with Crippen molar-refractivity contribution < 1.29 is 9.13 Å². The van der Waals surface area contributed by atoms with Crippen LogP contribution >= 0.6 is 12.2 Å². The van der Waals surface area contributed by atoms with Crippen LogP contribution in [0.1, 0.15) is 31.2 Å². The molecule has 0 spiro atoms. The van der Waals surface area contributed by atoms with Crippen molar-refractivity contribution >= 4 is 40.6 Å². The summed E-state index contributed by atoms with van der Waals surface area (Å²) in [5.41, 5.74) is 2.36. The topological polar surface area (TPSA) is 68.8 Å². The van der Waals surface area contributed by atoms with E-state index in [2.05, 4.69) is 61.7 Å². The summed E-state index contributed by atoms with van der Waals surface area (Å²) in [5, 5.41) is 7.22. The number of aromatic nitrogens is 2. The number of halogens is 1. The third-order valence-electron chi connectivity index (χ3n) is 8.59. The quantitative estimate of drug-likeness (QED) is 0.394. The molecule has 2 aliphatic heterocycles. The predicted octanol–water partition coefficient (Wildman–Crippen LogP) is 4.58. The lowest BCUT2D eigenvalue weighted by Crippen LogP contribution is -2.47. The molecule has 0 bridgehead atoms. The molecule has 0 radical (unpaired) electrons. The maximum absolute atomic E-state index is 13.6. The Bertz CT molecular complexity index is 1310. The highest BCUT2D eigenvalue weighted by Gasteiger charge is 2.35. The Kier molecular flexibility index (Phi) is 8.48. The van der Waals surface area contributed by atoms with Gasteiger partial charge in [-0.15, -0.1) is 0 Å². The second-order valence-corrected chi connectivity index (χ2v) is 11.5. The lowest BCUT2D eigenvalue weighted by atomic mass is 9.79. The molecule has 3 aromatic rings. The minimum absolute atomic E-state index is 0.0560. The van der Waals surface area contributed by atoms with Gasteiger partial charge in [0.15, 0.2) is 5.11 Å². The van der Waals surface area contributed by atoms with Crippen molar-refractivity contribution in [3.05, 3.63) is 72.0 Å². The number of anilines is 4. The molecule has 2 saturated heterocycles. The summed E-state index contributed by atoms with van der Waals surface area (Å²) in [6.07, 6.45) is 4.42. The minimum atomic E-state index is -0.207. The number of nitrogens with one attached hydrogen (secondary N) is 2. The molecule has 1 aromatic heterocycles. The number of morpholine rings is 1. The molecule has 3 fully saturated rings. The van der Waals surface area contributed by atoms with Crippen LogP contribution < -0.4 is 25.3 Å². The van der Waals surface area contributed by atoms with E-state index in [1.165, 1.54) is 5.69 Å². The molecule has 0 atom stereocenters. The van der Waals surface area contributed by atoms with E-state index in [1.807, 2.05) is 12.1 Å². The second-order valence-electron chi connectivity index (χ2n) is 11.1. The van der Waals surface area contributed by atoms with E-state index in [0.717, 1.165) is 82.2 Å². The minimum Gasteiger partial charge on any atom is -0.378 e. The molecule has 2 aromatic carbocycles. The first kappa shape index (κ1) is 27.7. The van der Waals surface area contributed by atoms with Crippen molar-refractivity contribution in [2.45, 2.75) is 31.1 Å². The molecule has 8 nitrogen and oxygen atoms in total. The number of nitrogens with zero attached hydrogens (tertiary/aromatic N) is 5. The van der Waals surface area contributed by atoms with E-state index in [-0.39, 0.29) is 11.2 Å². The largest absolute Gasteiger partial charge is 0.378 e. The first-order valence-corrected chi connectivity index (χ1v) is 15.1. The van der Waals surface area contributed by atoms with Crippen LogP contribution in [0.4, 0.5) is 27.7 Å². The Hall–Kier alpha value is -3.50. The lowest BCUT2D eigenvalue weighted by molar-refractivity contribution is 0.122. The molecule has 1 saturated carbocycles. The smallest absolute Gasteiger partial charge is 0.232 e. The maximum Gasteiger partial charge on any atom is 0.232 e. The Morgan fingerprint density at radius 3 is 2.10 bits per heavy atom. The van der Waals surface area contributed by atoms with Crippen LogP contribution in [0.3, 0.4) is 0 Å². The highest BCUT2D eigenvalue weighted by atomic mass is 32.1. The van der Waals surface area contributed by atoms with Gasteiger partial charge in [0.05, 0.1) is 13.2 Å². The standard InChI is InChI=1S/C31H38FN7OS/c32-25-10-8-24(9-11-25)31(12-4-5-13-31)23-33-30(41)36-29-34-27(22-28(35-29)39-18-20-40-21-19-39)38-16-14-37(15-17-38)26-6-2-1-3-7-26/h1-3,6-11,22H,4-5,12-21,23H2,(H2,33,34,35,36,41). The van der Waals surface area contributed by atoms with Gasteiger partial charge in [-0.05, 0) is 54.9 Å². The highest BCUT2D eigenvalue weighted by molar-refractivity contribution is 7.80. The molecule has 2 N–H and O–H groups in total. The van der Waals surface area contributed by atoms with E-state index in [1.54, 1.807) is 12.1 Å². The molecular formula is C31H38FN7OS. The number of hydrogen-bond acceptors (Lipinski definition) is 7. The van der Waals surface area contributed by atoms with Gasteiger partial charge >= 0.3 is 0 Å². The molecule has 3 aliphatic rings. The van der Waals surface area contributed by atoms with Crippen LogP contribution in [0.15, 0.2) is 60.7 Å². The molecule has 41 heavy (non-hydrogen) atoms. The van der Waals surface area contributed by atoms with Gasteiger partial charge < -0.3 is 30.1 Å². The van der Waals surface area contributed by atoms with Gasteiger partial charge in [0.2, 0.25) is 5.95 Å².